The molecule has 26 heavy (non-hydrogen) atoms. The molecular formula is C19H24F4N2O. The zero-order valence-corrected chi connectivity index (χ0v) is 15.1. The van der Waals surface area contributed by atoms with E-state index in [1.807, 2.05) is 4.90 Å². The number of fused-ring (bicyclic) bond motifs is 1. The van der Waals surface area contributed by atoms with Gasteiger partial charge in [0.2, 0.25) is 0 Å². The number of amides is 1. The molecule has 1 amide bonds. The SMILES string of the molecule is CC(C)N1Cc2c(cc(CN3CCCCC(F)C3)cc2C(F)(F)F)C1=O. The van der Waals surface area contributed by atoms with Gasteiger partial charge in [-0.3, -0.25) is 9.69 Å². The molecule has 7 heteroatoms. The minimum Gasteiger partial charge on any atom is -0.332 e. The number of alkyl halides is 4. The third kappa shape index (κ3) is 3.87. The highest BCUT2D eigenvalue weighted by Crippen LogP contribution is 2.39. The van der Waals surface area contributed by atoms with Crippen LogP contribution in [0.4, 0.5) is 17.6 Å². The van der Waals surface area contributed by atoms with Crippen LogP contribution in [0.15, 0.2) is 12.1 Å². The summed E-state index contributed by atoms with van der Waals surface area (Å²) in [6, 6.07) is 2.53. The van der Waals surface area contributed by atoms with Crippen molar-refractivity contribution in [2.45, 2.75) is 64.6 Å². The fraction of sp³-hybridized carbons (Fsp3) is 0.632. The van der Waals surface area contributed by atoms with Crippen molar-refractivity contribution in [1.82, 2.24) is 9.80 Å². The first kappa shape index (κ1) is 19.1. The largest absolute Gasteiger partial charge is 0.416 e. The molecule has 0 saturated carbocycles. The lowest BCUT2D eigenvalue weighted by molar-refractivity contribution is -0.138. The van der Waals surface area contributed by atoms with E-state index in [0.717, 1.165) is 18.9 Å². The topological polar surface area (TPSA) is 23.6 Å². The van der Waals surface area contributed by atoms with Gasteiger partial charge < -0.3 is 4.90 Å². The van der Waals surface area contributed by atoms with Crippen LogP contribution in [0.1, 0.15) is 60.2 Å². The molecule has 144 valence electrons. The third-order valence-electron chi connectivity index (χ3n) is 5.16. The standard InChI is InChI=1S/C19H24F4N2O/c1-12(2)25-11-16-15(18(25)26)7-13(8-17(16)19(21,22)23)9-24-6-4-3-5-14(20)10-24/h7-8,12,14H,3-6,9-11H2,1-2H3. The molecule has 0 radical (unpaired) electrons. The Bertz CT molecular complexity index is 687. The Balaban J connectivity index is 1.94. The molecule has 2 aliphatic heterocycles. The molecule has 0 aliphatic carbocycles. The number of hydrogen-bond donors (Lipinski definition) is 0. The molecule has 2 aliphatic rings. The van der Waals surface area contributed by atoms with Crippen LogP contribution in [0, 0.1) is 0 Å². The minimum atomic E-state index is -4.52. The average Bonchev–Trinajstić information content (AvgIpc) is 2.72. The van der Waals surface area contributed by atoms with Gasteiger partial charge in [-0.25, -0.2) is 4.39 Å². The minimum absolute atomic E-state index is 0.0166. The summed E-state index contributed by atoms with van der Waals surface area (Å²) in [5.74, 6) is -0.360. The molecule has 1 aromatic rings. The second kappa shape index (κ2) is 7.18. The normalized spacial score (nSPS) is 22.0. The van der Waals surface area contributed by atoms with Gasteiger partial charge in [-0.15, -0.1) is 0 Å². The van der Waals surface area contributed by atoms with E-state index in [-0.39, 0.29) is 42.7 Å². The summed E-state index contributed by atoms with van der Waals surface area (Å²) < 4.78 is 54.5. The Morgan fingerprint density at radius 1 is 1.23 bits per heavy atom. The highest BCUT2D eigenvalue weighted by atomic mass is 19.4. The maximum Gasteiger partial charge on any atom is 0.416 e. The van der Waals surface area contributed by atoms with E-state index in [0.29, 0.717) is 18.5 Å². The van der Waals surface area contributed by atoms with E-state index in [1.165, 1.54) is 4.90 Å². The maximum atomic E-state index is 13.8. The monoisotopic (exact) mass is 372 g/mol. The Kier molecular flexibility index (Phi) is 5.28. The summed E-state index contributed by atoms with van der Waals surface area (Å²) >= 11 is 0. The third-order valence-corrected chi connectivity index (χ3v) is 5.16. The highest BCUT2D eigenvalue weighted by molar-refractivity contribution is 5.99. The van der Waals surface area contributed by atoms with Gasteiger partial charge >= 0.3 is 6.18 Å². The van der Waals surface area contributed by atoms with Crippen LogP contribution in [0.2, 0.25) is 0 Å². The first-order valence-electron chi connectivity index (χ1n) is 9.07. The van der Waals surface area contributed by atoms with Gasteiger partial charge in [0.25, 0.3) is 5.91 Å². The van der Waals surface area contributed by atoms with Gasteiger partial charge in [-0.1, -0.05) is 0 Å². The zero-order chi connectivity index (χ0) is 19.1. The Labute approximate surface area is 151 Å². The van der Waals surface area contributed by atoms with E-state index in [1.54, 1.807) is 19.9 Å². The van der Waals surface area contributed by atoms with E-state index in [2.05, 4.69) is 0 Å². The molecule has 1 unspecified atom stereocenters. The summed E-state index contributed by atoms with van der Waals surface area (Å²) in [5, 5.41) is 0. The lowest BCUT2D eigenvalue weighted by Crippen LogP contribution is -2.31. The maximum absolute atomic E-state index is 13.8. The molecular weight excluding hydrogens is 348 g/mol. The molecule has 2 heterocycles. The predicted octanol–water partition coefficient (Wildman–Crippen LogP) is 4.39. The molecule has 3 rings (SSSR count). The van der Waals surface area contributed by atoms with E-state index < -0.39 is 17.9 Å². The number of rotatable bonds is 3. The van der Waals surface area contributed by atoms with Gasteiger partial charge in [0.05, 0.1) is 5.56 Å². The molecule has 1 aromatic carbocycles. The Morgan fingerprint density at radius 3 is 2.62 bits per heavy atom. The van der Waals surface area contributed by atoms with Gasteiger partial charge in [-0.05, 0) is 62.9 Å². The van der Waals surface area contributed by atoms with Gasteiger partial charge in [-0.2, -0.15) is 13.2 Å². The number of nitrogens with zero attached hydrogens (tertiary/aromatic N) is 2. The molecule has 1 atom stereocenters. The van der Waals surface area contributed by atoms with Crippen molar-refractivity contribution >= 4 is 5.91 Å². The van der Waals surface area contributed by atoms with Crippen LogP contribution in [0.25, 0.3) is 0 Å². The van der Waals surface area contributed by atoms with Gasteiger partial charge in [0.1, 0.15) is 6.17 Å². The fourth-order valence-electron chi connectivity index (χ4n) is 3.82. The van der Waals surface area contributed by atoms with Crippen LogP contribution in [0.3, 0.4) is 0 Å². The molecule has 1 saturated heterocycles. The van der Waals surface area contributed by atoms with Crippen molar-refractivity contribution in [2.75, 3.05) is 13.1 Å². The number of halogens is 4. The van der Waals surface area contributed by atoms with Crippen LogP contribution < -0.4 is 0 Å². The number of carbonyl (C=O) groups is 1. The summed E-state index contributed by atoms with van der Waals surface area (Å²) in [6.45, 7) is 4.67. The number of likely N-dealkylation sites (tertiary alicyclic amines) is 1. The van der Waals surface area contributed by atoms with Crippen LogP contribution in [0.5, 0.6) is 0 Å². The van der Waals surface area contributed by atoms with Crippen LogP contribution in [-0.2, 0) is 19.3 Å². The van der Waals surface area contributed by atoms with Crippen molar-refractivity contribution in [2.24, 2.45) is 0 Å². The number of benzene rings is 1. The van der Waals surface area contributed by atoms with Gasteiger partial charge in [0.15, 0.2) is 0 Å². The fourth-order valence-corrected chi connectivity index (χ4v) is 3.82. The van der Waals surface area contributed by atoms with Crippen molar-refractivity contribution < 1.29 is 22.4 Å². The quantitative estimate of drug-likeness (QED) is 0.735. The van der Waals surface area contributed by atoms with E-state index >= 15 is 0 Å². The second-order valence-corrected chi connectivity index (χ2v) is 7.52. The predicted molar refractivity (Wildman–Crippen MR) is 90.5 cm³/mol. The molecule has 0 N–H and O–H groups in total. The molecule has 1 fully saturated rings. The van der Waals surface area contributed by atoms with Crippen molar-refractivity contribution in [3.63, 3.8) is 0 Å². The summed E-state index contributed by atoms with van der Waals surface area (Å²) in [4.78, 5) is 15.9. The summed E-state index contributed by atoms with van der Waals surface area (Å²) in [5.41, 5.74) is -0.133. The smallest absolute Gasteiger partial charge is 0.332 e. The highest BCUT2D eigenvalue weighted by Gasteiger charge is 2.40. The molecule has 0 spiro atoms. The number of hydrogen-bond acceptors (Lipinski definition) is 2. The summed E-state index contributed by atoms with van der Waals surface area (Å²) in [7, 11) is 0. The van der Waals surface area contributed by atoms with Crippen LogP contribution in [-0.4, -0.2) is 41.0 Å². The second-order valence-electron chi connectivity index (χ2n) is 7.52. The molecule has 3 nitrogen and oxygen atoms in total. The first-order valence-corrected chi connectivity index (χ1v) is 9.07. The number of carbonyl (C=O) groups excluding carboxylic acids is 1. The molecule has 0 bridgehead atoms. The van der Waals surface area contributed by atoms with Crippen molar-refractivity contribution in [3.05, 3.63) is 34.4 Å². The van der Waals surface area contributed by atoms with Gasteiger partial charge in [0, 0.05) is 31.2 Å². The first-order chi connectivity index (χ1) is 12.2. The average molecular weight is 372 g/mol. The zero-order valence-electron chi connectivity index (χ0n) is 15.1. The lowest BCUT2D eigenvalue weighted by Gasteiger charge is -2.22. The lowest BCUT2D eigenvalue weighted by atomic mass is 9.98. The Morgan fingerprint density at radius 2 is 1.96 bits per heavy atom. The van der Waals surface area contributed by atoms with Crippen molar-refractivity contribution in [1.29, 1.82) is 0 Å². The van der Waals surface area contributed by atoms with Crippen molar-refractivity contribution in [3.8, 4) is 0 Å². The van der Waals surface area contributed by atoms with E-state index in [9.17, 15) is 22.4 Å². The van der Waals surface area contributed by atoms with Crippen LogP contribution >= 0.6 is 0 Å². The van der Waals surface area contributed by atoms with E-state index in [4.69, 9.17) is 0 Å². The molecule has 0 aromatic heterocycles. The summed E-state index contributed by atoms with van der Waals surface area (Å²) in [6.07, 6.45) is -3.35. The Hall–Kier alpha value is -1.63.